The third-order valence-electron chi connectivity index (χ3n) is 4.37. The van der Waals surface area contributed by atoms with Crippen molar-refractivity contribution in [2.45, 2.75) is 6.42 Å². The summed E-state index contributed by atoms with van der Waals surface area (Å²) < 4.78 is 37.4. The summed E-state index contributed by atoms with van der Waals surface area (Å²) in [6, 6.07) is 11.4. The maximum atomic E-state index is 14.4. The molecule has 2 aromatic carbocycles. The highest BCUT2D eigenvalue weighted by Crippen LogP contribution is 2.39. The standard InChI is InChI=1S/C22H19F2N5OS/c1-30-20-10-15(23)5-8-18(20)21-19(24)11-26-22(29-21)28-16-4-2-3-14(9-16)12-31(27-13-25)17-6-7-17/h2-6,8-13H,7H2,1H3,(H2,25,27)(H,26,28,29). The summed E-state index contributed by atoms with van der Waals surface area (Å²) in [6.45, 7) is 0. The number of ether oxygens (including phenoxy) is 1. The first-order valence-corrected chi connectivity index (χ1v) is 10.6. The molecule has 1 unspecified atom stereocenters. The van der Waals surface area contributed by atoms with E-state index in [1.165, 1.54) is 36.6 Å². The van der Waals surface area contributed by atoms with E-state index in [0.717, 1.165) is 23.9 Å². The number of anilines is 2. The van der Waals surface area contributed by atoms with E-state index in [-0.39, 0.29) is 28.1 Å². The SMILES string of the molecule is COc1cc(F)ccc1-c1nc(Nc2cccc(/C=S(\N=CN)C3=CC3)c2)ncc1F. The molecule has 4 rings (SSSR count). The Kier molecular flexibility index (Phi) is 6.03. The van der Waals surface area contributed by atoms with Gasteiger partial charge in [0.2, 0.25) is 5.95 Å². The smallest absolute Gasteiger partial charge is 0.227 e. The fraction of sp³-hybridized carbons (Fsp3) is 0.0909. The normalized spacial score (nSPS) is 13.8. The van der Waals surface area contributed by atoms with Crippen LogP contribution in [-0.4, -0.2) is 28.8 Å². The molecule has 0 saturated carbocycles. The molecule has 158 valence electrons. The topological polar surface area (TPSA) is 85.4 Å². The fourth-order valence-corrected chi connectivity index (χ4v) is 4.18. The Hall–Kier alpha value is -3.59. The van der Waals surface area contributed by atoms with Crippen LogP contribution in [0.5, 0.6) is 5.75 Å². The first-order valence-electron chi connectivity index (χ1n) is 9.32. The molecule has 9 heteroatoms. The number of hydrogen-bond acceptors (Lipinski definition) is 5. The highest BCUT2D eigenvalue weighted by Gasteiger charge is 2.15. The van der Waals surface area contributed by atoms with E-state index in [1.54, 1.807) is 0 Å². The van der Waals surface area contributed by atoms with Gasteiger partial charge in [-0.3, -0.25) is 0 Å². The lowest BCUT2D eigenvalue weighted by Crippen LogP contribution is -2.02. The number of hydrogen-bond donors (Lipinski definition) is 2. The molecule has 0 saturated heterocycles. The zero-order chi connectivity index (χ0) is 21.8. The lowest BCUT2D eigenvalue weighted by Gasteiger charge is -2.11. The zero-order valence-corrected chi connectivity index (χ0v) is 17.4. The van der Waals surface area contributed by atoms with Gasteiger partial charge in [-0.2, -0.15) is 0 Å². The number of methoxy groups -OCH3 is 1. The molecule has 1 atom stereocenters. The van der Waals surface area contributed by atoms with Gasteiger partial charge in [-0.05, 0) is 52.3 Å². The number of halogens is 2. The van der Waals surface area contributed by atoms with E-state index in [9.17, 15) is 8.78 Å². The Morgan fingerprint density at radius 3 is 2.81 bits per heavy atom. The predicted octanol–water partition coefficient (Wildman–Crippen LogP) is 4.78. The van der Waals surface area contributed by atoms with Crippen LogP contribution in [0.4, 0.5) is 20.4 Å². The van der Waals surface area contributed by atoms with Gasteiger partial charge >= 0.3 is 0 Å². The lowest BCUT2D eigenvalue weighted by atomic mass is 10.1. The van der Waals surface area contributed by atoms with Crippen molar-refractivity contribution in [3.8, 4) is 17.0 Å². The van der Waals surface area contributed by atoms with Crippen LogP contribution in [0, 0.1) is 11.6 Å². The zero-order valence-electron chi connectivity index (χ0n) is 16.5. The predicted molar refractivity (Wildman–Crippen MR) is 122 cm³/mol. The Balaban J connectivity index is 1.63. The summed E-state index contributed by atoms with van der Waals surface area (Å²) in [4.78, 5) is 9.55. The first kappa shape index (κ1) is 20.7. The van der Waals surface area contributed by atoms with Gasteiger partial charge in [0, 0.05) is 22.2 Å². The van der Waals surface area contributed by atoms with Gasteiger partial charge in [0.25, 0.3) is 0 Å². The van der Waals surface area contributed by atoms with Crippen LogP contribution in [0.3, 0.4) is 0 Å². The van der Waals surface area contributed by atoms with Crippen molar-refractivity contribution >= 4 is 34.0 Å². The molecular formula is C22H19F2N5OS. The van der Waals surface area contributed by atoms with Crippen molar-refractivity contribution in [1.29, 1.82) is 0 Å². The minimum absolute atomic E-state index is 0.0107. The van der Waals surface area contributed by atoms with Crippen LogP contribution in [0.2, 0.25) is 0 Å². The van der Waals surface area contributed by atoms with Crippen molar-refractivity contribution in [2.75, 3.05) is 12.4 Å². The van der Waals surface area contributed by atoms with Crippen LogP contribution >= 0.6 is 10.7 Å². The lowest BCUT2D eigenvalue weighted by molar-refractivity contribution is 0.412. The minimum atomic E-state index is -0.640. The van der Waals surface area contributed by atoms with Crippen molar-refractivity contribution in [3.05, 3.63) is 76.8 Å². The molecule has 0 radical (unpaired) electrons. The third-order valence-corrected chi connectivity index (χ3v) is 6.08. The number of allylic oxidation sites excluding steroid dienone is 2. The molecule has 0 fully saturated rings. The third kappa shape index (κ3) is 4.95. The maximum absolute atomic E-state index is 14.4. The van der Waals surface area contributed by atoms with Crippen LogP contribution in [0.25, 0.3) is 11.3 Å². The first-order chi connectivity index (χ1) is 15.1. The molecule has 0 aliphatic heterocycles. The minimum Gasteiger partial charge on any atom is -0.496 e. The summed E-state index contributed by atoms with van der Waals surface area (Å²) in [5.74, 6) is -0.744. The number of aromatic nitrogens is 2. The van der Waals surface area contributed by atoms with Crippen molar-refractivity contribution < 1.29 is 13.5 Å². The van der Waals surface area contributed by atoms with Crippen LogP contribution in [0.15, 0.2) is 64.0 Å². The second-order valence-electron chi connectivity index (χ2n) is 6.55. The van der Waals surface area contributed by atoms with Gasteiger partial charge < -0.3 is 15.8 Å². The monoisotopic (exact) mass is 439 g/mol. The van der Waals surface area contributed by atoms with E-state index in [2.05, 4.69) is 25.8 Å². The van der Waals surface area contributed by atoms with Gasteiger partial charge in [0.05, 0.1) is 19.6 Å². The summed E-state index contributed by atoms with van der Waals surface area (Å²) in [7, 11) is 1.01. The molecule has 1 aliphatic rings. The number of nitrogens with zero attached hydrogens (tertiary/aromatic N) is 3. The van der Waals surface area contributed by atoms with Crippen molar-refractivity contribution in [2.24, 2.45) is 10.1 Å². The van der Waals surface area contributed by atoms with Crippen molar-refractivity contribution in [3.63, 3.8) is 0 Å². The quantitative estimate of drug-likeness (QED) is 0.314. The Labute approximate surface area is 180 Å². The average Bonchev–Trinajstić information content (AvgIpc) is 3.61. The second-order valence-corrected chi connectivity index (χ2v) is 8.15. The van der Waals surface area contributed by atoms with Crippen molar-refractivity contribution in [1.82, 2.24) is 9.97 Å². The van der Waals surface area contributed by atoms with Crippen LogP contribution < -0.4 is 15.8 Å². The van der Waals surface area contributed by atoms with Gasteiger partial charge in [0.1, 0.15) is 17.3 Å². The van der Waals surface area contributed by atoms with Gasteiger partial charge in [0.15, 0.2) is 5.82 Å². The van der Waals surface area contributed by atoms with E-state index < -0.39 is 11.6 Å². The van der Waals surface area contributed by atoms with Gasteiger partial charge in [-0.15, -0.1) is 0 Å². The van der Waals surface area contributed by atoms with Gasteiger partial charge in [-0.25, -0.2) is 23.1 Å². The fourth-order valence-electron chi connectivity index (χ4n) is 2.88. The average molecular weight is 439 g/mol. The number of benzene rings is 2. The molecule has 1 heterocycles. The van der Waals surface area contributed by atoms with E-state index in [4.69, 9.17) is 10.5 Å². The maximum Gasteiger partial charge on any atom is 0.227 e. The van der Waals surface area contributed by atoms with Gasteiger partial charge in [-0.1, -0.05) is 18.2 Å². The summed E-state index contributed by atoms with van der Waals surface area (Å²) >= 11 is 0. The number of nitrogens with two attached hydrogens (primary N) is 1. The largest absolute Gasteiger partial charge is 0.496 e. The molecule has 1 aliphatic carbocycles. The highest BCUT2D eigenvalue weighted by molar-refractivity contribution is 8.17. The molecule has 0 amide bonds. The molecule has 31 heavy (non-hydrogen) atoms. The number of nitrogens with one attached hydrogen (secondary N) is 1. The summed E-state index contributed by atoms with van der Waals surface area (Å²) in [6.07, 6.45) is 5.45. The molecule has 6 nitrogen and oxygen atoms in total. The Morgan fingerprint density at radius 1 is 1.23 bits per heavy atom. The summed E-state index contributed by atoms with van der Waals surface area (Å²) in [5.41, 5.74) is 7.48. The Morgan fingerprint density at radius 2 is 2.06 bits per heavy atom. The Bertz CT molecular complexity index is 1230. The van der Waals surface area contributed by atoms with E-state index in [0.29, 0.717) is 5.56 Å². The molecular weight excluding hydrogens is 420 g/mol. The second kappa shape index (κ2) is 9.05. The highest BCUT2D eigenvalue weighted by atomic mass is 32.2. The van der Waals surface area contributed by atoms with Crippen LogP contribution in [-0.2, 0) is 0 Å². The molecule has 0 bridgehead atoms. The molecule has 1 aromatic heterocycles. The van der Waals surface area contributed by atoms with Crippen LogP contribution in [0.1, 0.15) is 12.0 Å². The molecule has 3 N–H and O–H groups in total. The molecule has 3 aromatic rings. The van der Waals surface area contributed by atoms with E-state index in [1.807, 2.05) is 29.6 Å². The van der Waals surface area contributed by atoms with E-state index >= 15 is 0 Å². The summed E-state index contributed by atoms with van der Waals surface area (Å²) in [5, 5.41) is 5.12. The molecule has 0 spiro atoms. The number of rotatable bonds is 7.